The number of pyridine rings is 1. The van der Waals surface area contributed by atoms with Gasteiger partial charge in [0.25, 0.3) is 0 Å². The number of aromatic nitrogens is 4. The molecule has 0 atom stereocenters. The number of hydrogen-bond donors (Lipinski definition) is 3. The summed E-state index contributed by atoms with van der Waals surface area (Å²) in [7, 11) is 1.82. The third-order valence-corrected chi connectivity index (χ3v) is 6.88. The molecular formula is C31H30FN7O3. The Morgan fingerprint density at radius 2 is 1.93 bits per heavy atom. The first kappa shape index (κ1) is 27.2. The predicted octanol–water partition coefficient (Wildman–Crippen LogP) is 6.48. The van der Waals surface area contributed by atoms with Crippen LogP contribution in [0.3, 0.4) is 0 Å². The van der Waals surface area contributed by atoms with Crippen molar-refractivity contribution in [1.29, 1.82) is 0 Å². The molecule has 4 heterocycles. The molecule has 2 amide bonds. The number of benzene rings is 2. The van der Waals surface area contributed by atoms with Crippen LogP contribution in [0.4, 0.5) is 20.7 Å². The number of carbonyl (C=O) groups is 1. The highest BCUT2D eigenvalue weighted by Gasteiger charge is 2.21. The van der Waals surface area contributed by atoms with Gasteiger partial charge in [0, 0.05) is 55.2 Å². The summed E-state index contributed by atoms with van der Waals surface area (Å²) < 4.78 is 28.6. The van der Waals surface area contributed by atoms with Crippen LogP contribution in [0.2, 0.25) is 0 Å². The van der Waals surface area contributed by atoms with Crippen molar-refractivity contribution in [1.82, 2.24) is 25.1 Å². The van der Waals surface area contributed by atoms with E-state index in [2.05, 4.69) is 43.1 Å². The topological polar surface area (TPSA) is 119 Å². The van der Waals surface area contributed by atoms with Crippen molar-refractivity contribution >= 4 is 17.5 Å². The maximum absolute atomic E-state index is 15.0. The number of halogens is 1. The summed E-state index contributed by atoms with van der Waals surface area (Å²) in [5.41, 5.74) is 4.78. The van der Waals surface area contributed by atoms with Crippen LogP contribution < -0.4 is 20.7 Å². The SMILES string of the molecule is CC(C)c1nc(NC(=O)Nc2ccc(Oc3ccnc(-c4cnn(C)c4)c3)cc2F)c(-c2ccc3c(c2)CCNC3)o1. The highest BCUT2D eigenvalue weighted by atomic mass is 19.1. The van der Waals surface area contributed by atoms with Crippen LogP contribution in [0.15, 0.2) is 71.5 Å². The second kappa shape index (κ2) is 11.5. The molecule has 214 valence electrons. The van der Waals surface area contributed by atoms with E-state index in [1.54, 1.807) is 35.3 Å². The summed E-state index contributed by atoms with van der Waals surface area (Å²) in [5, 5.41) is 12.8. The Kier molecular flexibility index (Phi) is 7.41. The zero-order chi connectivity index (χ0) is 29.2. The molecular weight excluding hydrogens is 537 g/mol. The number of oxazole rings is 1. The number of fused-ring (bicyclic) bond motifs is 1. The standard InChI is InChI=1S/C31H30FN7O3/c1-18(2)30-37-29(28(42-30)20-4-5-21-15-33-10-8-19(21)12-20)38-31(40)36-26-7-6-23(13-25(26)32)41-24-9-11-34-27(14-24)22-16-35-39(3)17-22/h4-7,9,11-14,16-18,33H,8,10,15H2,1-3H3,(H2,36,38,40). The van der Waals surface area contributed by atoms with Gasteiger partial charge in [0.1, 0.15) is 17.3 Å². The molecule has 42 heavy (non-hydrogen) atoms. The first-order valence-corrected chi connectivity index (χ1v) is 13.7. The third kappa shape index (κ3) is 5.86. The van der Waals surface area contributed by atoms with Crippen molar-refractivity contribution in [2.45, 2.75) is 32.7 Å². The molecule has 10 nitrogen and oxygen atoms in total. The Bertz CT molecular complexity index is 1760. The van der Waals surface area contributed by atoms with E-state index in [1.165, 1.54) is 23.3 Å². The lowest BCUT2D eigenvalue weighted by Gasteiger charge is -2.17. The lowest BCUT2D eigenvalue weighted by molar-refractivity contribution is 0.262. The molecule has 2 aromatic carbocycles. The largest absolute Gasteiger partial charge is 0.457 e. The van der Waals surface area contributed by atoms with Gasteiger partial charge in [-0.15, -0.1) is 0 Å². The van der Waals surface area contributed by atoms with Crippen LogP contribution in [-0.2, 0) is 20.0 Å². The van der Waals surface area contributed by atoms with Crippen molar-refractivity contribution in [3.63, 3.8) is 0 Å². The summed E-state index contributed by atoms with van der Waals surface area (Å²) >= 11 is 0. The van der Waals surface area contributed by atoms with Crippen LogP contribution in [0.1, 0.15) is 36.8 Å². The van der Waals surface area contributed by atoms with E-state index in [-0.39, 0.29) is 23.2 Å². The molecule has 0 saturated carbocycles. The number of aryl methyl sites for hydroxylation is 1. The number of urea groups is 1. The molecule has 0 bridgehead atoms. The van der Waals surface area contributed by atoms with Crippen molar-refractivity contribution in [3.8, 4) is 34.1 Å². The van der Waals surface area contributed by atoms with Gasteiger partial charge in [-0.2, -0.15) is 10.1 Å². The zero-order valence-electron chi connectivity index (χ0n) is 23.4. The number of nitrogens with one attached hydrogen (secondary N) is 3. The van der Waals surface area contributed by atoms with Crippen LogP contribution in [0.5, 0.6) is 11.5 Å². The highest BCUT2D eigenvalue weighted by molar-refractivity contribution is 6.01. The smallest absolute Gasteiger partial charge is 0.325 e. The fourth-order valence-electron chi connectivity index (χ4n) is 4.73. The molecule has 0 radical (unpaired) electrons. The fourth-order valence-corrected chi connectivity index (χ4v) is 4.73. The van der Waals surface area contributed by atoms with Crippen LogP contribution in [-0.4, -0.2) is 32.3 Å². The van der Waals surface area contributed by atoms with E-state index in [9.17, 15) is 4.79 Å². The Hall–Kier alpha value is -5.03. The Balaban J connectivity index is 1.16. The lowest BCUT2D eigenvalue weighted by atomic mass is 9.97. The van der Waals surface area contributed by atoms with Gasteiger partial charge in [0.05, 0.1) is 17.6 Å². The van der Waals surface area contributed by atoms with E-state index in [0.717, 1.165) is 30.6 Å². The van der Waals surface area contributed by atoms with Gasteiger partial charge in [0.2, 0.25) is 0 Å². The molecule has 11 heteroatoms. The van der Waals surface area contributed by atoms with Crippen molar-refractivity contribution in [3.05, 3.63) is 90.0 Å². The van der Waals surface area contributed by atoms with Gasteiger partial charge in [-0.3, -0.25) is 15.0 Å². The molecule has 3 aromatic heterocycles. The van der Waals surface area contributed by atoms with Crippen molar-refractivity contribution < 1.29 is 18.3 Å². The number of nitrogens with zero attached hydrogens (tertiary/aromatic N) is 4. The van der Waals surface area contributed by atoms with Gasteiger partial charge in [-0.05, 0) is 48.4 Å². The summed E-state index contributed by atoms with van der Waals surface area (Å²) in [6.45, 7) is 5.65. The summed E-state index contributed by atoms with van der Waals surface area (Å²) in [6.07, 6.45) is 6.06. The van der Waals surface area contributed by atoms with Crippen LogP contribution in [0.25, 0.3) is 22.6 Å². The number of hydrogen-bond acceptors (Lipinski definition) is 7. The number of rotatable bonds is 7. The average molecular weight is 568 g/mol. The minimum Gasteiger partial charge on any atom is -0.457 e. The Labute approximate surface area is 242 Å². The van der Waals surface area contributed by atoms with Crippen molar-refractivity contribution in [2.24, 2.45) is 7.05 Å². The van der Waals surface area contributed by atoms with Gasteiger partial charge >= 0.3 is 6.03 Å². The molecule has 0 saturated heterocycles. The number of carbonyl (C=O) groups excluding carboxylic acids is 1. The van der Waals surface area contributed by atoms with Crippen LogP contribution in [0, 0.1) is 5.82 Å². The molecule has 5 aromatic rings. The summed E-state index contributed by atoms with van der Waals surface area (Å²) in [4.78, 5) is 21.8. The van der Waals surface area contributed by atoms with E-state index < -0.39 is 11.8 Å². The Morgan fingerprint density at radius 1 is 1.07 bits per heavy atom. The minimum absolute atomic E-state index is 0.00927. The highest BCUT2D eigenvalue weighted by Crippen LogP contribution is 2.34. The summed E-state index contributed by atoms with van der Waals surface area (Å²) in [5.74, 6) is 1.33. The molecule has 0 aliphatic carbocycles. The first-order chi connectivity index (χ1) is 20.3. The minimum atomic E-state index is -0.657. The molecule has 0 spiro atoms. The molecule has 1 aliphatic rings. The third-order valence-electron chi connectivity index (χ3n) is 6.88. The molecule has 0 fully saturated rings. The van der Waals surface area contributed by atoms with Gasteiger partial charge in [0.15, 0.2) is 17.5 Å². The maximum Gasteiger partial charge on any atom is 0.325 e. The Morgan fingerprint density at radius 3 is 2.71 bits per heavy atom. The first-order valence-electron chi connectivity index (χ1n) is 13.7. The molecule has 6 rings (SSSR count). The average Bonchev–Trinajstić information content (AvgIpc) is 3.61. The van der Waals surface area contributed by atoms with Gasteiger partial charge in [-0.25, -0.2) is 9.18 Å². The van der Waals surface area contributed by atoms with Gasteiger partial charge in [-0.1, -0.05) is 26.0 Å². The van der Waals surface area contributed by atoms with Crippen LogP contribution >= 0.6 is 0 Å². The molecule has 1 aliphatic heterocycles. The lowest BCUT2D eigenvalue weighted by Crippen LogP contribution is -2.23. The quantitative estimate of drug-likeness (QED) is 0.206. The van der Waals surface area contributed by atoms with Gasteiger partial charge < -0.3 is 19.8 Å². The molecule has 3 N–H and O–H groups in total. The van der Waals surface area contributed by atoms with E-state index in [1.807, 2.05) is 33.2 Å². The zero-order valence-corrected chi connectivity index (χ0v) is 23.4. The molecule has 0 unspecified atom stereocenters. The fraction of sp³-hybridized carbons (Fsp3) is 0.226. The van der Waals surface area contributed by atoms with E-state index >= 15 is 4.39 Å². The number of amides is 2. The normalized spacial score (nSPS) is 12.7. The second-order valence-electron chi connectivity index (χ2n) is 10.4. The number of ether oxygens (including phenoxy) is 1. The van der Waals surface area contributed by atoms with E-state index in [4.69, 9.17) is 9.15 Å². The number of anilines is 2. The maximum atomic E-state index is 15.0. The monoisotopic (exact) mass is 567 g/mol. The second-order valence-corrected chi connectivity index (χ2v) is 10.4. The predicted molar refractivity (Wildman–Crippen MR) is 157 cm³/mol. The van der Waals surface area contributed by atoms with E-state index in [0.29, 0.717) is 23.1 Å². The van der Waals surface area contributed by atoms with Crippen molar-refractivity contribution in [2.75, 3.05) is 17.2 Å². The summed E-state index contributed by atoms with van der Waals surface area (Å²) in [6, 6.07) is 13.1.